The fraction of sp³-hybridized carbons (Fsp3) is 0.364. The van der Waals surface area contributed by atoms with Gasteiger partial charge in [-0.15, -0.1) is 0 Å². The Morgan fingerprint density at radius 2 is 2.06 bits per heavy atom. The molecule has 0 spiro atoms. The summed E-state index contributed by atoms with van der Waals surface area (Å²) < 4.78 is 15.0. The van der Waals surface area contributed by atoms with Gasteiger partial charge in [0.2, 0.25) is 0 Å². The van der Waals surface area contributed by atoms with Gasteiger partial charge in [-0.3, -0.25) is 0 Å². The second-order valence-electron chi connectivity index (χ2n) is 3.25. The highest BCUT2D eigenvalue weighted by molar-refractivity contribution is 7.71. The summed E-state index contributed by atoms with van der Waals surface area (Å²) in [5.74, 6) is -0.605. The van der Waals surface area contributed by atoms with E-state index in [-0.39, 0.29) is 15.8 Å². The molecule has 0 saturated carbocycles. The highest BCUT2D eigenvalue weighted by atomic mass is 32.1. The Labute approximate surface area is 109 Å². The van der Waals surface area contributed by atoms with Gasteiger partial charge >= 0.3 is 5.97 Å². The zero-order valence-corrected chi connectivity index (χ0v) is 11.0. The van der Waals surface area contributed by atoms with Gasteiger partial charge in [0.15, 0.2) is 6.29 Å². The van der Waals surface area contributed by atoms with E-state index in [4.69, 9.17) is 27.0 Å². The van der Waals surface area contributed by atoms with Crippen molar-refractivity contribution >= 4 is 18.2 Å². The number of ether oxygens (including phenoxy) is 3. The van der Waals surface area contributed by atoms with Gasteiger partial charge in [0.1, 0.15) is 10.7 Å². The molecule has 1 heterocycles. The molecule has 18 heavy (non-hydrogen) atoms. The number of nitrogens with one attached hydrogen (secondary N) is 1. The molecule has 0 atom stereocenters. The lowest BCUT2D eigenvalue weighted by Gasteiger charge is -2.16. The Morgan fingerprint density at radius 1 is 1.44 bits per heavy atom. The van der Waals surface area contributed by atoms with E-state index >= 15 is 0 Å². The largest absolute Gasteiger partial charge is 0.465 e. The van der Waals surface area contributed by atoms with E-state index in [2.05, 4.69) is 9.72 Å². The maximum absolute atomic E-state index is 11.7. The molecular formula is C11H12N2O4S. The van der Waals surface area contributed by atoms with E-state index in [1.165, 1.54) is 27.4 Å². The molecule has 1 aromatic heterocycles. The Balaban J connectivity index is 3.49. The average molecular weight is 268 g/mol. The van der Waals surface area contributed by atoms with Crippen LogP contribution in [0.15, 0.2) is 6.07 Å². The number of carbonyl (C=O) groups excluding carboxylic acids is 1. The van der Waals surface area contributed by atoms with E-state index in [0.717, 1.165) is 0 Å². The lowest BCUT2D eigenvalue weighted by Crippen LogP contribution is -2.15. The highest BCUT2D eigenvalue weighted by Gasteiger charge is 2.21. The van der Waals surface area contributed by atoms with Crippen molar-refractivity contribution in [3.05, 3.63) is 27.5 Å². The zero-order valence-electron chi connectivity index (χ0n) is 10.1. The summed E-state index contributed by atoms with van der Waals surface area (Å²) in [7, 11) is 4.09. The molecule has 0 bridgehead atoms. The molecule has 0 radical (unpaired) electrons. The van der Waals surface area contributed by atoms with E-state index in [0.29, 0.717) is 5.69 Å². The smallest absolute Gasteiger partial charge is 0.339 e. The quantitative estimate of drug-likeness (QED) is 0.508. The number of nitriles is 1. The lowest BCUT2D eigenvalue weighted by molar-refractivity contribution is -0.109. The first-order valence-corrected chi connectivity index (χ1v) is 5.31. The number of nitrogens with zero attached hydrogens (tertiary/aromatic N) is 1. The summed E-state index contributed by atoms with van der Waals surface area (Å²) in [4.78, 5) is 14.4. The molecular weight excluding hydrogens is 256 g/mol. The number of hydrogen-bond donors (Lipinski definition) is 1. The Bertz CT molecular complexity index is 543. The van der Waals surface area contributed by atoms with E-state index in [1.807, 2.05) is 6.07 Å². The minimum atomic E-state index is -0.798. The average Bonchev–Trinajstić information content (AvgIpc) is 2.39. The Morgan fingerprint density at radius 3 is 2.50 bits per heavy atom. The Kier molecular flexibility index (Phi) is 4.97. The van der Waals surface area contributed by atoms with Gasteiger partial charge in [0, 0.05) is 14.2 Å². The predicted octanol–water partition coefficient (Wildman–Crippen LogP) is 1.69. The molecule has 0 saturated heterocycles. The fourth-order valence-electron chi connectivity index (χ4n) is 1.42. The molecule has 0 aliphatic heterocycles. The number of methoxy groups -OCH3 is 3. The monoisotopic (exact) mass is 268 g/mol. The van der Waals surface area contributed by atoms with E-state index in [1.54, 1.807) is 0 Å². The van der Waals surface area contributed by atoms with Gasteiger partial charge in [-0.05, 0) is 6.07 Å². The summed E-state index contributed by atoms with van der Waals surface area (Å²) in [6.07, 6.45) is -0.798. The lowest BCUT2D eigenvalue weighted by atomic mass is 10.1. The van der Waals surface area contributed by atoms with Crippen LogP contribution < -0.4 is 0 Å². The van der Waals surface area contributed by atoms with Crippen LogP contribution in [0.4, 0.5) is 0 Å². The van der Waals surface area contributed by atoms with Crippen molar-refractivity contribution in [2.45, 2.75) is 6.29 Å². The van der Waals surface area contributed by atoms with Gasteiger partial charge < -0.3 is 19.2 Å². The van der Waals surface area contributed by atoms with Crippen molar-refractivity contribution < 1.29 is 19.0 Å². The van der Waals surface area contributed by atoms with Gasteiger partial charge in [-0.25, -0.2) is 4.79 Å². The van der Waals surface area contributed by atoms with Gasteiger partial charge in [0.25, 0.3) is 0 Å². The van der Waals surface area contributed by atoms with Gasteiger partial charge in [0.05, 0.1) is 23.9 Å². The van der Waals surface area contributed by atoms with Crippen molar-refractivity contribution in [2.24, 2.45) is 0 Å². The third-order valence-electron chi connectivity index (χ3n) is 2.26. The van der Waals surface area contributed by atoms with Crippen LogP contribution in [0.3, 0.4) is 0 Å². The molecule has 0 amide bonds. The number of aromatic amines is 1. The molecule has 0 unspecified atom stereocenters. The van der Waals surface area contributed by atoms with Crippen LogP contribution in [-0.4, -0.2) is 32.3 Å². The molecule has 7 heteroatoms. The number of rotatable bonds is 4. The molecule has 0 aliphatic rings. The van der Waals surface area contributed by atoms with Crippen molar-refractivity contribution in [1.29, 1.82) is 5.26 Å². The Hall–Kier alpha value is -1.75. The standard InChI is InChI=1S/C11H12N2O4S/c1-15-10(14)7-4-6(5-12)9(18)13-8(7)11(16-2)17-3/h4,11H,1-3H3,(H,13,18). The van der Waals surface area contributed by atoms with E-state index in [9.17, 15) is 4.79 Å². The molecule has 1 rings (SSSR count). The van der Waals surface area contributed by atoms with Crippen LogP contribution in [0.25, 0.3) is 0 Å². The SMILES string of the molecule is COC(=O)c1cc(C#N)c(=S)[nH]c1C(OC)OC. The zero-order chi connectivity index (χ0) is 13.7. The van der Waals surface area contributed by atoms with Crippen LogP contribution in [0, 0.1) is 16.0 Å². The van der Waals surface area contributed by atoms with Crippen LogP contribution in [-0.2, 0) is 14.2 Å². The summed E-state index contributed by atoms with van der Waals surface area (Å²) in [5, 5.41) is 8.89. The second-order valence-corrected chi connectivity index (χ2v) is 3.65. The van der Waals surface area contributed by atoms with Gasteiger partial charge in [-0.1, -0.05) is 12.2 Å². The first-order chi connectivity index (χ1) is 8.58. The maximum atomic E-state index is 11.7. The topological polar surface area (TPSA) is 84.3 Å². The van der Waals surface area contributed by atoms with Crippen molar-refractivity contribution in [2.75, 3.05) is 21.3 Å². The van der Waals surface area contributed by atoms with Crippen molar-refractivity contribution in [3.63, 3.8) is 0 Å². The van der Waals surface area contributed by atoms with Crippen molar-refractivity contribution in [1.82, 2.24) is 4.98 Å². The number of hydrogen-bond acceptors (Lipinski definition) is 6. The molecule has 6 nitrogen and oxygen atoms in total. The summed E-state index contributed by atoms with van der Waals surface area (Å²) in [5.41, 5.74) is 0.646. The number of pyridine rings is 1. The van der Waals surface area contributed by atoms with Crippen LogP contribution in [0.2, 0.25) is 0 Å². The molecule has 1 aromatic rings. The minimum absolute atomic E-state index is 0.149. The summed E-state index contributed by atoms with van der Waals surface area (Å²) in [6.45, 7) is 0. The van der Waals surface area contributed by atoms with Crippen LogP contribution in [0.5, 0.6) is 0 Å². The predicted molar refractivity (Wildman–Crippen MR) is 64.4 cm³/mol. The first-order valence-electron chi connectivity index (χ1n) is 4.90. The van der Waals surface area contributed by atoms with E-state index < -0.39 is 12.3 Å². The third-order valence-corrected chi connectivity index (χ3v) is 2.58. The third kappa shape index (κ3) is 2.73. The van der Waals surface area contributed by atoms with Crippen LogP contribution >= 0.6 is 12.2 Å². The minimum Gasteiger partial charge on any atom is -0.465 e. The van der Waals surface area contributed by atoms with Gasteiger partial charge in [-0.2, -0.15) is 5.26 Å². The van der Waals surface area contributed by atoms with Crippen LogP contribution in [0.1, 0.15) is 27.9 Å². The summed E-state index contributed by atoms with van der Waals surface area (Å²) >= 11 is 4.99. The second kappa shape index (κ2) is 6.26. The number of H-pyrrole nitrogens is 1. The molecule has 0 fully saturated rings. The molecule has 96 valence electrons. The first kappa shape index (κ1) is 14.3. The maximum Gasteiger partial charge on any atom is 0.339 e. The highest BCUT2D eigenvalue weighted by Crippen LogP contribution is 2.21. The number of esters is 1. The fourth-order valence-corrected chi connectivity index (χ4v) is 1.64. The van der Waals surface area contributed by atoms with Crippen molar-refractivity contribution in [3.8, 4) is 6.07 Å². The number of aromatic nitrogens is 1. The normalized spacial score (nSPS) is 10.2. The number of carbonyl (C=O) groups is 1. The summed E-state index contributed by atoms with van der Waals surface area (Å²) in [6, 6.07) is 3.24. The molecule has 1 N–H and O–H groups in total. The molecule has 0 aliphatic carbocycles. The molecule has 0 aromatic carbocycles.